The quantitative estimate of drug-likeness (QED) is 0.896. The number of hydrogen-bond donors (Lipinski definition) is 1. The van der Waals surface area contributed by atoms with Gasteiger partial charge in [0, 0.05) is 19.3 Å². The van der Waals surface area contributed by atoms with Crippen molar-refractivity contribution < 1.29 is 13.9 Å². The van der Waals surface area contributed by atoms with Crippen molar-refractivity contribution in [2.45, 2.75) is 38.0 Å². The molecule has 100 valence electrons. The van der Waals surface area contributed by atoms with Gasteiger partial charge in [0.25, 0.3) is 0 Å². The second-order valence-corrected chi connectivity index (χ2v) is 4.78. The van der Waals surface area contributed by atoms with Gasteiger partial charge in [0.15, 0.2) is 0 Å². The molecule has 1 saturated heterocycles. The summed E-state index contributed by atoms with van der Waals surface area (Å²) in [6.07, 6.45) is 1.64. The Morgan fingerprint density at radius 3 is 2.72 bits per heavy atom. The van der Waals surface area contributed by atoms with Crippen molar-refractivity contribution in [2.75, 3.05) is 13.2 Å². The summed E-state index contributed by atoms with van der Waals surface area (Å²) < 4.78 is 24.6. The molecule has 0 saturated carbocycles. The molecule has 0 aliphatic carbocycles. The molecule has 18 heavy (non-hydrogen) atoms. The lowest BCUT2D eigenvalue weighted by Gasteiger charge is -2.30. The Balaban J connectivity index is 2.07. The zero-order chi connectivity index (χ0) is 13.0. The maximum atomic E-state index is 13.3. The van der Waals surface area contributed by atoms with Crippen molar-refractivity contribution in [3.8, 4) is 0 Å². The largest absolute Gasteiger partial charge is 0.381 e. The second kappa shape index (κ2) is 6.27. The van der Waals surface area contributed by atoms with Crippen molar-refractivity contribution in [1.82, 2.24) is 0 Å². The molecular formula is C14H20FNO2. The van der Waals surface area contributed by atoms with E-state index < -0.39 is 0 Å². The first-order valence-corrected chi connectivity index (χ1v) is 6.41. The van der Waals surface area contributed by atoms with Crippen LogP contribution in [-0.4, -0.2) is 25.4 Å². The summed E-state index contributed by atoms with van der Waals surface area (Å²) in [4.78, 5) is 0. The van der Waals surface area contributed by atoms with Gasteiger partial charge in [-0.1, -0.05) is 12.1 Å². The third-order valence-corrected chi connectivity index (χ3v) is 3.16. The SMILES string of the molecule is CC(N)C(OC1CCOCC1)c1cccc(F)c1. The number of hydrogen-bond acceptors (Lipinski definition) is 3. The molecular weight excluding hydrogens is 233 g/mol. The molecule has 1 heterocycles. The van der Waals surface area contributed by atoms with Crippen molar-refractivity contribution in [1.29, 1.82) is 0 Å². The van der Waals surface area contributed by atoms with Crippen molar-refractivity contribution in [3.63, 3.8) is 0 Å². The highest BCUT2D eigenvalue weighted by Crippen LogP contribution is 2.25. The van der Waals surface area contributed by atoms with E-state index in [9.17, 15) is 4.39 Å². The third kappa shape index (κ3) is 3.51. The molecule has 0 radical (unpaired) electrons. The summed E-state index contributed by atoms with van der Waals surface area (Å²) in [5, 5.41) is 0. The number of benzene rings is 1. The van der Waals surface area contributed by atoms with Gasteiger partial charge < -0.3 is 15.2 Å². The van der Waals surface area contributed by atoms with Gasteiger partial charge in [-0.3, -0.25) is 0 Å². The maximum absolute atomic E-state index is 13.3. The minimum Gasteiger partial charge on any atom is -0.381 e. The Kier molecular flexibility index (Phi) is 4.69. The zero-order valence-electron chi connectivity index (χ0n) is 10.6. The predicted molar refractivity (Wildman–Crippen MR) is 67.7 cm³/mol. The van der Waals surface area contributed by atoms with Crippen LogP contribution in [0.15, 0.2) is 24.3 Å². The van der Waals surface area contributed by atoms with E-state index in [0.717, 1.165) is 31.6 Å². The molecule has 1 aromatic carbocycles. The lowest BCUT2D eigenvalue weighted by molar-refractivity contribution is -0.0759. The normalized spacial score (nSPS) is 20.6. The number of rotatable bonds is 4. The number of nitrogens with two attached hydrogens (primary N) is 1. The lowest BCUT2D eigenvalue weighted by Crippen LogP contribution is -2.33. The molecule has 2 N–H and O–H groups in total. The van der Waals surface area contributed by atoms with Crippen LogP contribution in [0.3, 0.4) is 0 Å². The Labute approximate surface area is 107 Å². The van der Waals surface area contributed by atoms with Crippen LogP contribution >= 0.6 is 0 Å². The van der Waals surface area contributed by atoms with E-state index in [2.05, 4.69) is 0 Å². The third-order valence-electron chi connectivity index (χ3n) is 3.16. The second-order valence-electron chi connectivity index (χ2n) is 4.78. The number of ether oxygens (including phenoxy) is 2. The predicted octanol–water partition coefficient (Wildman–Crippen LogP) is 2.41. The minimum atomic E-state index is -0.260. The molecule has 1 fully saturated rings. The summed E-state index contributed by atoms with van der Waals surface area (Å²) in [7, 11) is 0. The van der Waals surface area contributed by atoms with Gasteiger partial charge in [0.2, 0.25) is 0 Å². The zero-order valence-corrected chi connectivity index (χ0v) is 10.6. The molecule has 0 amide bonds. The molecule has 0 aromatic heterocycles. The summed E-state index contributed by atoms with van der Waals surface area (Å²) in [5.74, 6) is -0.256. The van der Waals surface area contributed by atoms with Gasteiger partial charge in [-0.2, -0.15) is 0 Å². The summed E-state index contributed by atoms with van der Waals surface area (Å²) in [6, 6.07) is 6.29. The smallest absolute Gasteiger partial charge is 0.123 e. The Morgan fingerprint density at radius 1 is 1.39 bits per heavy atom. The maximum Gasteiger partial charge on any atom is 0.123 e. The minimum absolute atomic E-state index is 0.151. The van der Waals surface area contributed by atoms with E-state index in [0.29, 0.717) is 0 Å². The topological polar surface area (TPSA) is 44.5 Å². The lowest BCUT2D eigenvalue weighted by atomic mass is 10.0. The number of halogens is 1. The van der Waals surface area contributed by atoms with E-state index in [1.54, 1.807) is 6.07 Å². The van der Waals surface area contributed by atoms with Gasteiger partial charge in [-0.15, -0.1) is 0 Å². The highest BCUT2D eigenvalue weighted by molar-refractivity contribution is 5.20. The van der Waals surface area contributed by atoms with Gasteiger partial charge in [-0.05, 0) is 37.5 Å². The van der Waals surface area contributed by atoms with Crippen LogP contribution in [0.25, 0.3) is 0 Å². The van der Waals surface area contributed by atoms with Crippen LogP contribution in [-0.2, 0) is 9.47 Å². The molecule has 0 spiro atoms. The Hall–Kier alpha value is -0.970. The first kappa shape index (κ1) is 13.5. The van der Waals surface area contributed by atoms with Crippen LogP contribution < -0.4 is 5.73 Å². The molecule has 3 nitrogen and oxygen atoms in total. The molecule has 4 heteroatoms. The fourth-order valence-electron chi connectivity index (χ4n) is 2.21. The van der Waals surface area contributed by atoms with Crippen molar-refractivity contribution in [3.05, 3.63) is 35.6 Å². The van der Waals surface area contributed by atoms with Gasteiger partial charge in [0.1, 0.15) is 5.82 Å². The first-order valence-electron chi connectivity index (χ1n) is 6.41. The first-order chi connectivity index (χ1) is 8.66. The van der Waals surface area contributed by atoms with Gasteiger partial charge in [0.05, 0.1) is 12.2 Å². The molecule has 2 atom stereocenters. The van der Waals surface area contributed by atoms with E-state index >= 15 is 0 Å². The van der Waals surface area contributed by atoms with Gasteiger partial charge in [-0.25, -0.2) is 4.39 Å². The average Bonchev–Trinajstić information content (AvgIpc) is 2.37. The van der Waals surface area contributed by atoms with Crippen molar-refractivity contribution >= 4 is 0 Å². The van der Waals surface area contributed by atoms with Gasteiger partial charge >= 0.3 is 0 Å². The highest BCUT2D eigenvalue weighted by Gasteiger charge is 2.23. The Bertz CT molecular complexity index is 378. The van der Waals surface area contributed by atoms with Crippen LogP contribution in [0.1, 0.15) is 31.4 Å². The molecule has 0 bridgehead atoms. The van der Waals surface area contributed by atoms with Crippen LogP contribution in [0.5, 0.6) is 0 Å². The van der Waals surface area contributed by atoms with E-state index in [1.807, 2.05) is 13.0 Å². The summed E-state index contributed by atoms with van der Waals surface area (Å²) in [5.41, 5.74) is 6.76. The molecule has 1 aromatic rings. The molecule has 1 aliphatic heterocycles. The fraction of sp³-hybridized carbons (Fsp3) is 0.571. The van der Waals surface area contributed by atoms with E-state index in [4.69, 9.17) is 15.2 Å². The Morgan fingerprint density at radius 2 is 2.11 bits per heavy atom. The monoisotopic (exact) mass is 253 g/mol. The molecule has 1 aliphatic rings. The molecule has 2 rings (SSSR count). The van der Waals surface area contributed by atoms with Crippen LogP contribution in [0, 0.1) is 5.82 Å². The summed E-state index contributed by atoms with van der Waals surface area (Å²) in [6.45, 7) is 3.33. The highest BCUT2D eigenvalue weighted by atomic mass is 19.1. The van der Waals surface area contributed by atoms with Crippen LogP contribution in [0.2, 0.25) is 0 Å². The summed E-state index contributed by atoms with van der Waals surface area (Å²) >= 11 is 0. The fourth-order valence-corrected chi connectivity index (χ4v) is 2.21. The standard InChI is InChI=1S/C14H20FNO2/c1-10(16)14(11-3-2-4-12(15)9-11)18-13-5-7-17-8-6-13/h2-4,9-10,13-14H,5-8,16H2,1H3. The average molecular weight is 253 g/mol. The molecule has 2 unspecified atom stereocenters. The van der Waals surface area contributed by atoms with E-state index in [-0.39, 0.29) is 24.1 Å². The van der Waals surface area contributed by atoms with E-state index in [1.165, 1.54) is 12.1 Å². The van der Waals surface area contributed by atoms with Crippen LogP contribution in [0.4, 0.5) is 4.39 Å². The van der Waals surface area contributed by atoms with Crippen molar-refractivity contribution in [2.24, 2.45) is 5.73 Å².